The molecule has 0 unspecified atom stereocenters. The van der Waals surface area contributed by atoms with Gasteiger partial charge in [-0.3, -0.25) is 14.7 Å². The van der Waals surface area contributed by atoms with Crippen LogP contribution in [0.1, 0.15) is 44.9 Å². The van der Waals surface area contributed by atoms with E-state index in [1.807, 2.05) is 18.2 Å². The zero-order valence-electron chi connectivity index (χ0n) is 15.5. The van der Waals surface area contributed by atoms with E-state index in [9.17, 15) is 9.59 Å². The molecule has 1 heterocycles. The summed E-state index contributed by atoms with van der Waals surface area (Å²) in [6, 6.07) is 5.58. The lowest BCUT2D eigenvalue weighted by Crippen LogP contribution is -2.48. The zero-order valence-corrected chi connectivity index (χ0v) is 15.5. The van der Waals surface area contributed by atoms with E-state index in [1.165, 1.54) is 38.5 Å². The molecule has 4 aliphatic carbocycles. The molecule has 1 aromatic heterocycles. The van der Waals surface area contributed by atoms with Gasteiger partial charge in [0.1, 0.15) is 0 Å². The molecule has 2 aromatic rings. The number of rotatable bonds is 5. The predicted octanol–water partition coefficient (Wildman–Crippen LogP) is 3.22. The minimum Gasteiger partial charge on any atom is -0.347 e. The topological polar surface area (TPSA) is 86.9 Å². The molecule has 6 nitrogen and oxygen atoms in total. The van der Waals surface area contributed by atoms with Gasteiger partial charge in [-0.05, 0) is 79.9 Å². The highest BCUT2D eigenvalue weighted by Gasteiger charge is 2.51. The number of hydrogen-bond donors (Lipinski definition) is 3. The van der Waals surface area contributed by atoms with Crippen molar-refractivity contribution in [3.63, 3.8) is 0 Å². The molecule has 27 heavy (non-hydrogen) atoms. The second-order valence-corrected chi connectivity index (χ2v) is 9.09. The molecule has 0 saturated heterocycles. The van der Waals surface area contributed by atoms with Crippen LogP contribution in [0.2, 0.25) is 0 Å². The number of nitrogens with one attached hydrogen (secondary N) is 3. The van der Waals surface area contributed by atoms with Gasteiger partial charge in [0.05, 0.1) is 18.3 Å². The summed E-state index contributed by atoms with van der Waals surface area (Å²) in [6.07, 6.45) is 10.1. The lowest BCUT2D eigenvalue weighted by molar-refractivity contribution is -0.131. The van der Waals surface area contributed by atoms with Gasteiger partial charge >= 0.3 is 0 Å². The average molecular weight is 366 g/mol. The second kappa shape index (κ2) is 6.36. The second-order valence-electron chi connectivity index (χ2n) is 9.09. The highest BCUT2D eigenvalue weighted by Crippen LogP contribution is 2.61. The minimum absolute atomic E-state index is 0.0224. The zero-order chi connectivity index (χ0) is 18.4. The molecule has 0 atom stereocenters. The number of carbonyl (C=O) groups excluding carboxylic acids is 2. The summed E-state index contributed by atoms with van der Waals surface area (Å²) in [6.45, 7) is 0.0224. The lowest BCUT2D eigenvalue weighted by Gasteiger charge is -2.56. The number of fused-ring (bicyclic) bond motifs is 1. The van der Waals surface area contributed by atoms with E-state index < -0.39 is 0 Å². The highest BCUT2D eigenvalue weighted by atomic mass is 16.2. The highest BCUT2D eigenvalue weighted by molar-refractivity contribution is 5.96. The standard InChI is InChI=1S/C21H26N4O2/c26-19(10-21-7-13-3-14(8-21)5-15(4-13)9-21)22-12-20(27)24-17-1-2-18-16(6-17)11-23-25-18/h1-2,6,11,13-15H,3-5,7-10,12H2,(H,22,26)(H,23,25)(H,24,27). The molecule has 1 aromatic carbocycles. The van der Waals surface area contributed by atoms with Crippen molar-refractivity contribution in [2.24, 2.45) is 23.2 Å². The number of anilines is 1. The SMILES string of the molecule is O=C(CC12CC3CC(CC(C3)C1)C2)NCC(=O)Nc1ccc2[nH]ncc2c1. The molecule has 2 amide bonds. The molecule has 0 radical (unpaired) electrons. The molecule has 4 aliphatic rings. The lowest BCUT2D eigenvalue weighted by atomic mass is 9.49. The third kappa shape index (κ3) is 3.33. The fraction of sp³-hybridized carbons (Fsp3) is 0.571. The molecule has 6 rings (SSSR count). The summed E-state index contributed by atoms with van der Waals surface area (Å²) in [5, 5.41) is 13.5. The number of benzene rings is 1. The summed E-state index contributed by atoms with van der Waals surface area (Å²) in [4.78, 5) is 24.7. The molecule has 6 heteroatoms. The van der Waals surface area contributed by atoms with Crippen LogP contribution in [-0.2, 0) is 9.59 Å². The van der Waals surface area contributed by atoms with Crippen molar-refractivity contribution in [3.05, 3.63) is 24.4 Å². The maximum atomic E-state index is 12.5. The third-order valence-electron chi connectivity index (χ3n) is 6.87. The van der Waals surface area contributed by atoms with Gasteiger partial charge in [-0.15, -0.1) is 0 Å². The van der Waals surface area contributed by atoms with Crippen LogP contribution in [0, 0.1) is 23.2 Å². The van der Waals surface area contributed by atoms with E-state index in [2.05, 4.69) is 20.8 Å². The molecule has 4 bridgehead atoms. The Hall–Kier alpha value is -2.37. The van der Waals surface area contributed by atoms with Crippen LogP contribution >= 0.6 is 0 Å². The number of hydrogen-bond acceptors (Lipinski definition) is 3. The Morgan fingerprint density at radius 2 is 1.78 bits per heavy atom. The van der Waals surface area contributed by atoms with Gasteiger partial charge in [0.2, 0.25) is 11.8 Å². The molecule has 4 saturated carbocycles. The van der Waals surface area contributed by atoms with Crippen LogP contribution in [0.15, 0.2) is 24.4 Å². The smallest absolute Gasteiger partial charge is 0.243 e. The fourth-order valence-electron chi connectivity index (χ4n) is 6.31. The van der Waals surface area contributed by atoms with Gasteiger partial charge in [-0.25, -0.2) is 0 Å². The van der Waals surface area contributed by atoms with Crippen molar-refractivity contribution in [2.45, 2.75) is 44.9 Å². The first-order valence-corrected chi connectivity index (χ1v) is 10.1. The van der Waals surface area contributed by atoms with Crippen LogP contribution in [0.25, 0.3) is 10.9 Å². The van der Waals surface area contributed by atoms with Crippen molar-refractivity contribution >= 4 is 28.4 Å². The van der Waals surface area contributed by atoms with Crippen molar-refractivity contribution in [2.75, 3.05) is 11.9 Å². The van der Waals surface area contributed by atoms with Gasteiger partial charge < -0.3 is 10.6 Å². The number of nitrogens with zero attached hydrogens (tertiary/aromatic N) is 1. The molecule has 0 aliphatic heterocycles. The van der Waals surface area contributed by atoms with Gasteiger partial charge in [0.15, 0.2) is 0 Å². The minimum atomic E-state index is -0.197. The van der Waals surface area contributed by atoms with Crippen molar-refractivity contribution < 1.29 is 9.59 Å². The van der Waals surface area contributed by atoms with Gasteiger partial charge in [-0.1, -0.05) is 0 Å². The van der Waals surface area contributed by atoms with Crippen molar-refractivity contribution in [1.82, 2.24) is 15.5 Å². The first-order chi connectivity index (χ1) is 13.1. The Bertz CT molecular complexity index is 852. The van der Waals surface area contributed by atoms with Gasteiger partial charge in [-0.2, -0.15) is 5.10 Å². The molecular formula is C21H26N4O2. The Kier molecular flexibility index (Phi) is 3.95. The normalized spacial score (nSPS) is 31.2. The van der Waals surface area contributed by atoms with Crippen LogP contribution in [0.5, 0.6) is 0 Å². The molecular weight excluding hydrogens is 340 g/mol. The molecule has 3 N–H and O–H groups in total. The van der Waals surface area contributed by atoms with E-state index in [0.717, 1.165) is 28.7 Å². The van der Waals surface area contributed by atoms with E-state index in [-0.39, 0.29) is 23.8 Å². The summed E-state index contributed by atoms with van der Waals surface area (Å²) in [5.74, 6) is 2.34. The summed E-state index contributed by atoms with van der Waals surface area (Å²) < 4.78 is 0. The molecule has 142 valence electrons. The molecule has 4 fully saturated rings. The van der Waals surface area contributed by atoms with E-state index in [0.29, 0.717) is 12.1 Å². The quantitative estimate of drug-likeness (QED) is 0.759. The number of amides is 2. The van der Waals surface area contributed by atoms with Crippen LogP contribution in [0.4, 0.5) is 5.69 Å². The van der Waals surface area contributed by atoms with E-state index in [1.54, 1.807) is 6.20 Å². The van der Waals surface area contributed by atoms with Gasteiger partial charge in [0, 0.05) is 17.5 Å². The Morgan fingerprint density at radius 3 is 2.48 bits per heavy atom. The van der Waals surface area contributed by atoms with Crippen LogP contribution in [0.3, 0.4) is 0 Å². The number of carbonyl (C=O) groups is 2. The first kappa shape index (κ1) is 16.8. The monoisotopic (exact) mass is 366 g/mol. The average Bonchev–Trinajstić information content (AvgIpc) is 3.06. The van der Waals surface area contributed by atoms with Crippen LogP contribution < -0.4 is 10.6 Å². The maximum absolute atomic E-state index is 12.5. The first-order valence-electron chi connectivity index (χ1n) is 10.1. The summed E-state index contributed by atoms with van der Waals surface area (Å²) in [5.41, 5.74) is 1.85. The Labute approximate surface area is 158 Å². The van der Waals surface area contributed by atoms with Crippen molar-refractivity contribution in [3.8, 4) is 0 Å². The summed E-state index contributed by atoms with van der Waals surface area (Å²) in [7, 11) is 0. The maximum Gasteiger partial charge on any atom is 0.243 e. The van der Waals surface area contributed by atoms with Gasteiger partial charge in [0.25, 0.3) is 0 Å². The fourth-order valence-corrected chi connectivity index (χ4v) is 6.31. The number of H-pyrrole nitrogens is 1. The van der Waals surface area contributed by atoms with E-state index in [4.69, 9.17) is 0 Å². The third-order valence-corrected chi connectivity index (χ3v) is 6.87. The molecule has 0 spiro atoms. The Morgan fingerprint density at radius 1 is 1.07 bits per heavy atom. The largest absolute Gasteiger partial charge is 0.347 e. The number of aromatic nitrogens is 2. The predicted molar refractivity (Wildman–Crippen MR) is 103 cm³/mol. The van der Waals surface area contributed by atoms with Crippen molar-refractivity contribution in [1.29, 1.82) is 0 Å². The summed E-state index contributed by atoms with van der Waals surface area (Å²) >= 11 is 0. The number of aromatic amines is 1. The Balaban J connectivity index is 1.14. The van der Waals surface area contributed by atoms with Crippen LogP contribution in [-0.4, -0.2) is 28.6 Å². The van der Waals surface area contributed by atoms with E-state index >= 15 is 0 Å².